The van der Waals surface area contributed by atoms with E-state index in [1.165, 1.54) is 17.3 Å². The lowest BCUT2D eigenvalue weighted by molar-refractivity contribution is 0.418. The van der Waals surface area contributed by atoms with Crippen LogP contribution in [0.25, 0.3) is 11.0 Å². The first kappa shape index (κ1) is 21.2. The first-order valence-corrected chi connectivity index (χ1v) is 12.3. The van der Waals surface area contributed by atoms with E-state index in [1.54, 1.807) is 11.3 Å². The number of hydrogen-bond donors (Lipinski definition) is 0. The zero-order valence-electron chi connectivity index (χ0n) is 17.5. The summed E-state index contributed by atoms with van der Waals surface area (Å²) in [5, 5.41) is 12.7. The van der Waals surface area contributed by atoms with Gasteiger partial charge < -0.3 is 8.98 Å². The summed E-state index contributed by atoms with van der Waals surface area (Å²) in [4.78, 5) is 9.37. The van der Waals surface area contributed by atoms with Crippen LogP contribution in [0.3, 0.4) is 0 Å². The van der Waals surface area contributed by atoms with Crippen molar-refractivity contribution in [1.29, 1.82) is 0 Å². The average Bonchev–Trinajstić information content (AvgIpc) is 3.48. The van der Waals surface area contributed by atoms with Crippen LogP contribution in [-0.2, 0) is 13.0 Å². The third-order valence-electron chi connectivity index (χ3n) is 5.01. The monoisotopic (exact) mass is 481 g/mol. The Hall–Kier alpha value is -2.68. The van der Waals surface area contributed by atoms with Gasteiger partial charge in [-0.25, -0.2) is 9.97 Å². The molecule has 3 aromatic heterocycles. The molecular weight excluding hydrogens is 462 g/mol. The molecule has 3 heterocycles. The summed E-state index contributed by atoms with van der Waals surface area (Å²) in [5.41, 5.74) is 4.08. The van der Waals surface area contributed by atoms with E-state index < -0.39 is 0 Å². The first-order valence-electron chi connectivity index (χ1n) is 10.1. The third kappa shape index (κ3) is 4.57. The number of benzene rings is 2. The fraction of sp³-hybridized carbons (Fsp3) is 0.217. The SMILES string of the molecule is Cc1nc(Cc2nnc(SC(C)c3nc4cc(Cl)ccc4n3Cc3ccccc3)o2)cs1. The number of rotatable bonds is 7. The maximum Gasteiger partial charge on any atom is 0.277 e. The number of aromatic nitrogens is 5. The quantitative estimate of drug-likeness (QED) is 0.253. The molecule has 6 nitrogen and oxygen atoms in total. The Morgan fingerprint density at radius 2 is 1.97 bits per heavy atom. The molecule has 0 fully saturated rings. The number of hydrogen-bond acceptors (Lipinski definition) is 7. The van der Waals surface area contributed by atoms with Crippen LogP contribution in [0.5, 0.6) is 0 Å². The zero-order valence-corrected chi connectivity index (χ0v) is 19.9. The molecule has 0 spiro atoms. The first-order chi connectivity index (χ1) is 15.5. The molecule has 0 aliphatic carbocycles. The molecule has 0 amide bonds. The molecule has 0 saturated heterocycles. The molecule has 9 heteroatoms. The van der Waals surface area contributed by atoms with Crippen molar-refractivity contribution in [2.75, 3.05) is 0 Å². The van der Waals surface area contributed by atoms with E-state index in [1.807, 2.05) is 48.7 Å². The fourth-order valence-electron chi connectivity index (χ4n) is 3.57. The minimum atomic E-state index is -0.000273. The van der Waals surface area contributed by atoms with Gasteiger partial charge in [-0.3, -0.25) is 0 Å². The molecule has 1 atom stereocenters. The van der Waals surface area contributed by atoms with E-state index in [4.69, 9.17) is 21.0 Å². The second-order valence-electron chi connectivity index (χ2n) is 7.43. The van der Waals surface area contributed by atoms with Crippen LogP contribution >= 0.6 is 34.7 Å². The van der Waals surface area contributed by atoms with Crippen LogP contribution in [0.1, 0.15) is 40.2 Å². The Labute approximate surface area is 198 Å². The molecule has 162 valence electrons. The van der Waals surface area contributed by atoms with Crippen LogP contribution in [0.2, 0.25) is 5.02 Å². The number of thiazole rings is 1. The second-order valence-corrected chi connectivity index (χ2v) is 10.2. The van der Waals surface area contributed by atoms with E-state index in [9.17, 15) is 0 Å². The maximum absolute atomic E-state index is 6.23. The molecule has 2 aromatic carbocycles. The van der Waals surface area contributed by atoms with E-state index in [0.29, 0.717) is 22.6 Å². The lowest BCUT2D eigenvalue weighted by atomic mass is 10.2. The highest BCUT2D eigenvalue weighted by atomic mass is 35.5. The lowest BCUT2D eigenvalue weighted by Crippen LogP contribution is -2.06. The summed E-state index contributed by atoms with van der Waals surface area (Å²) >= 11 is 9.35. The van der Waals surface area contributed by atoms with E-state index >= 15 is 0 Å². The van der Waals surface area contributed by atoms with Crippen molar-refractivity contribution in [3.63, 3.8) is 0 Å². The summed E-state index contributed by atoms with van der Waals surface area (Å²) in [6.45, 7) is 4.81. The molecule has 5 rings (SSSR count). The summed E-state index contributed by atoms with van der Waals surface area (Å²) in [5.74, 6) is 1.50. The molecule has 0 aliphatic heterocycles. The van der Waals surface area contributed by atoms with Crippen molar-refractivity contribution >= 4 is 45.7 Å². The van der Waals surface area contributed by atoms with Crippen molar-refractivity contribution in [3.05, 3.63) is 86.9 Å². The highest BCUT2D eigenvalue weighted by molar-refractivity contribution is 7.99. The van der Waals surface area contributed by atoms with E-state index in [-0.39, 0.29) is 5.25 Å². The number of imidazole rings is 1. The number of nitrogens with zero attached hydrogens (tertiary/aromatic N) is 5. The number of thioether (sulfide) groups is 1. The van der Waals surface area contributed by atoms with Crippen molar-refractivity contribution in [3.8, 4) is 0 Å². The number of halogens is 1. The van der Waals surface area contributed by atoms with Crippen molar-refractivity contribution < 1.29 is 4.42 Å². The van der Waals surface area contributed by atoms with Crippen LogP contribution < -0.4 is 0 Å². The summed E-state index contributed by atoms with van der Waals surface area (Å²) in [6.07, 6.45) is 0.539. The minimum absolute atomic E-state index is 0.000273. The lowest BCUT2D eigenvalue weighted by Gasteiger charge is -2.13. The standard InChI is InChI=1S/C23H20ClN5OS2/c1-14(32-23-28-27-21(30-23)11-18-13-31-15(2)25-18)22-26-19-10-17(24)8-9-20(19)29(22)12-16-6-4-3-5-7-16/h3-10,13-14H,11-12H2,1-2H3. The molecule has 5 aromatic rings. The molecule has 32 heavy (non-hydrogen) atoms. The molecule has 0 saturated carbocycles. The highest BCUT2D eigenvalue weighted by Crippen LogP contribution is 2.36. The molecule has 0 N–H and O–H groups in total. The van der Waals surface area contributed by atoms with Crippen LogP contribution in [-0.4, -0.2) is 24.7 Å². The normalized spacial score (nSPS) is 12.5. The number of aryl methyl sites for hydroxylation is 1. The van der Waals surface area contributed by atoms with Gasteiger partial charge >= 0.3 is 0 Å². The number of fused-ring (bicyclic) bond motifs is 1. The van der Waals surface area contributed by atoms with Crippen LogP contribution in [0, 0.1) is 6.92 Å². The predicted octanol–water partition coefficient (Wildman–Crippen LogP) is 6.33. The zero-order chi connectivity index (χ0) is 22.1. The van der Waals surface area contributed by atoms with Gasteiger partial charge in [0, 0.05) is 16.9 Å². The van der Waals surface area contributed by atoms with Gasteiger partial charge in [-0.15, -0.1) is 21.5 Å². The average molecular weight is 482 g/mol. The largest absolute Gasteiger partial charge is 0.416 e. The fourth-order valence-corrected chi connectivity index (χ4v) is 5.17. The Bertz CT molecular complexity index is 1360. The Balaban J connectivity index is 1.41. The minimum Gasteiger partial charge on any atom is -0.416 e. The molecule has 1 unspecified atom stereocenters. The summed E-state index contributed by atoms with van der Waals surface area (Å²) in [6, 6.07) is 16.2. The molecular formula is C23H20ClN5OS2. The van der Waals surface area contributed by atoms with Crippen molar-refractivity contribution in [1.82, 2.24) is 24.7 Å². The van der Waals surface area contributed by atoms with E-state index in [2.05, 4.69) is 38.8 Å². The van der Waals surface area contributed by atoms with Crippen molar-refractivity contribution in [2.24, 2.45) is 0 Å². The van der Waals surface area contributed by atoms with Gasteiger partial charge in [0.1, 0.15) is 5.82 Å². The topological polar surface area (TPSA) is 69.6 Å². The smallest absolute Gasteiger partial charge is 0.277 e. The van der Waals surface area contributed by atoms with Gasteiger partial charge in [0.05, 0.1) is 33.4 Å². The molecule has 0 bridgehead atoms. The third-order valence-corrected chi connectivity index (χ3v) is 7.00. The van der Waals surface area contributed by atoms with Gasteiger partial charge in [0.2, 0.25) is 5.89 Å². The molecule has 0 aliphatic rings. The van der Waals surface area contributed by atoms with Gasteiger partial charge in [-0.05, 0) is 37.6 Å². The summed E-state index contributed by atoms with van der Waals surface area (Å²) in [7, 11) is 0. The van der Waals surface area contributed by atoms with Gasteiger partial charge in [0.25, 0.3) is 5.22 Å². The van der Waals surface area contributed by atoms with Gasteiger partial charge in [0.15, 0.2) is 0 Å². The Morgan fingerprint density at radius 3 is 2.75 bits per heavy atom. The van der Waals surface area contributed by atoms with Crippen LogP contribution in [0.15, 0.2) is 63.6 Å². The maximum atomic E-state index is 6.23. The van der Waals surface area contributed by atoms with Gasteiger partial charge in [-0.1, -0.05) is 53.7 Å². The second kappa shape index (κ2) is 9.05. The summed E-state index contributed by atoms with van der Waals surface area (Å²) < 4.78 is 8.12. The Kier molecular flexibility index (Phi) is 5.99. The van der Waals surface area contributed by atoms with Gasteiger partial charge in [-0.2, -0.15) is 0 Å². The molecule has 0 radical (unpaired) electrons. The van der Waals surface area contributed by atoms with E-state index in [0.717, 1.165) is 34.1 Å². The predicted molar refractivity (Wildman–Crippen MR) is 129 cm³/mol. The highest BCUT2D eigenvalue weighted by Gasteiger charge is 2.21. The Morgan fingerprint density at radius 1 is 1.12 bits per heavy atom. The van der Waals surface area contributed by atoms with Crippen molar-refractivity contribution in [2.45, 2.75) is 37.3 Å². The van der Waals surface area contributed by atoms with Crippen LogP contribution in [0.4, 0.5) is 0 Å².